The molecule has 6 nitrogen and oxygen atoms in total. The Morgan fingerprint density at radius 3 is 2.00 bits per heavy atom. The summed E-state index contributed by atoms with van der Waals surface area (Å²) in [6.45, 7) is 1.29. The molecule has 0 amide bonds. The molecule has 0 radical (unpaired) electrons. The Hall–Kier alpha value is -0.180. The van der Waals surface area contributed by atoms with Crippen LogP contribution in [0.1, 0.15) is 6.92 Å². The highest BCUT2D eigenvalue weighted by Crippen LogP contribution is 1.94. The number of hydrogen-bond donors (Lipinski definition) is 1. The maximum atomic E-state index is 10.4. The summed E-state index contributed by atoms with van der Waals surface area (Å²) in [7, 11) is -8.16. The zero-order valence-corrected chi connectivity index (χ0v) is 7.35. The summed E-state index contributed by atoms with van der Waals surface area (Å²) in [5.74, 6) is -1.55. The van der Waals surface area contributed by atoms with Gasteiger partial charge in [-0.2, -0.15) is 16.8 Å². The topological polar surface area (TPSA) is 97.7 Å². The van der Waals surface area contributed by atoms with Gasteiger partial charge in [0.25, 0.3) is 20.2 Å². The molecule has 0 aromatic heterocycles. The van der Waals surface area contributed by atoms with Gasteiger partial charge >= 0.3 is 0 Å². The molecule has 0 aliphatic heterocycles. The molecule has 0 bridgehead atoms. The molecule has 1 N–H and O–H groups in total. The van der Waals surface area contributed by atoms with Crippen molar-refractivity contribution >= 4 is 20.2 Å². The lowest BCUT2D eigenvalue weighted by atomic mass is 11.0. The third-order valence-electron chi connectivity index (χ3n) is 0.730. The molecule has 0 atom stereocenters. The monoisotopic (exact) mass is 204 g/mol. The zero-order chi connectivity index (χ0) is 9.12. The lowest BCUT2D eigenvalue weighted by molar-refractivity contribution is 0.349. The van der Waals surface area contributed by atoms with Crippen molar-refractivity contribution in [3.8, 4) is 0 Å². The zero-order valence-electron chi connectivity index (χ0n) is 5.72. The van der Waals surface area contributed by atoms with E-state index in [1.165, 1.54) is 6.92 Å². The fraction of sp³-hybridized carbons (Fsp3) is 1.00. The summed E-state index contributed by atoms with van der Waals surface area (Å²) in [6.07, 6.45) is 0. The second-order valence-corrected chi connectivity index (χ2v) is 4.99. The van der Waals surface area contributed by atoms with Gasteiger partial charge in [-0.15, -0.1) is 0 Å². The van der Waals surface area contributed by atoms with Crippen LogP contribution in [-0.2, 0) is 24.4 Å². The van der Waals surface area contributed by atoms with E-state index in [0.29, 0.717) is 0 Å². The highest BCUT2D eigenvalue weighted by Gasteiger charge is 2.12. The van der Waals surface area contributed by atoms with Crippen LogP contribution in [0.5, 0.6) is 0 Å². The van der Waals surface area contributed by atoms with Crippen LogP contribution in [0.3, 0.4) is 0 Å². The Kier molecular flexibility index (Phi) is 3.42. The van der Waals surface area contributed by atoms with E-state index < -0.39 is 26.2 Å². The Balaban J connectivity index is 4.13. The van der Waals surface area contributed by atoms with Crippen molar-refractivity contribution in [2.45, 2.75) is 6.92 Å². The summed E-state index contributed by atoms with van der Waals surface area (Å²) in [6, 6.07) is 0. The van der Waals surface area contributed by atoms with E-state index in [0.717, 1.165) is 0 Å². The Morgan fingerprint density at radius 2 is 1.73 bits per heavy atom. The van der Waals surface area contributed by atoms with Crippen LogP contribution >= 0.6 is 0 Å². The lowest BCUT2D eigenvalue weighted by Gasteiger charge is -1.98. The van der Waals surface area contributed by atoms with E-state index in [-0.39, 0.29) is 5.75 Å². The largest absolute Gasteiger partial charge is 0.290 e. The van der Waals surface area contributed by atoms with Crippen LogP contribution < -0.4 is 0 Å². The summed E-state index contributed by atoms with van der Waals surface area (Å²) >= 11 is 0. The second-order valence-electron chi connectivity index (χ2n) is 1.66. The van der Waals surface area contributed by atoms with Gasteiger partial charge < -0.3 is 0 Å². The minimum absolute atomic E-state index is 0.331. The van der Waals surface area contributed by atoms with Crippen LogP contribution in [0.2, 0.25) is 0 Å². The van der Waals surface area contributed by atoms with E-state index >= 15 is 0 Å². The van der Waals surface area contributed by atoms with Gasteiger partial charge in [0.2, 0.25) is 0 Å². The standard InChI is InChI=1S/C3H8O6S2/c1-2-11(7,8)9-3-10(4,5)6/h2-3H2,1H3,(H,4,5,6). The van der Waals surface area contributed by atoms with Crippen molar-refractivity contribution < 1.29 is 25.6 Å². The molecule has 0 fully saturated rings. The molecule has 0 aromatic rings. The predicted molar refractivity (Wildman–Crippen MR) is 37.0 cm³/mol. The van der Waals surface area contributed by atoms with Crippen LogP contribution in [-0.4, -0.2) is 33.1 Å². The minimum atomic E-state index is -4.37. The van der Waals surface area contributed by atoms with Crippen molar-refractivity contribution in [3.63, 3.8) is 0 Å². The Labute approximate surface area is 65.0 Å². The Morgan fingerprint density at radius 1 is 1.27 bits per heavy atom. The SMILES string of the molecule is CCS(=O)(=O)OCS(=O)(=O)O. The first-order chi connectivity index (χ1) is 4.77. The van der Waals surface area contributed by atoms with Crippen molar-refractivity contribution in [2.24, 2.45) is 0 Å². The molecule has 11 heavy (non-hydrogen) atoms. The quantitative estimate of drug-likeness (QED) is 0.475. The number of rotatable bonds is 4. The van der Waals surface area contributed by atoms with E-state index in [2.05, 4.69) is 4.18 Å². The fourth-order valence-corrected chi connectivity index (χ4v) is 1.46. The molecule has 0 heterocycles. The van der Waals surface area contributed by atoms with Crippen molar-refractivity contribution in [3.05, 3.63) is 0 Å². The molecule has 0 saturated carbocycles. The molecule has 0 spiro atoms. The van der Waals surface area contributed by atoms with Crippen LogP contribution in [0.15, 0.2) is 0 Å². The highest BCUT2D eigenvalue weighted by atomic mass is 32.2. The van der Waals surface area contributed by atoms with Crippen LogP contribution in [0, 0.1) is 0 Å². The average Bonchev–Trinajstić information content (AvgIpc) is 1.83. The van der Waals surface area contributed by atoms with Crippen molar-refractivity contribution in [2.75, 3.05) is 11.7 Å². The van der Waals surface area contributed by atoms with E-state index in [4.69, 9.17) is 4.55 Å². The van der Waals surface area contributed by atoms with E-state index in [1.807, 2.05) is 0 Å². The molecule has 0 aliphatic carbocycles. The van der Waals surface area contributed by atoms with Gasteiger partial charge in [0.05, 0.1) is 5.75 Å². The second kappa shape index (κ2) is 3.48. The minimum Gasteiger partial charge on any atom is -0.284 e. The van der Waals surface area contributed by atoms with Gasteiger partial charge in [-0.3, -0.25) is 8.74 Å². The molecule has 0 unspecified atom stereocenters. The molecule has 0 aromatic carbocycles. The maximum Gasteiger partial charge on any atom is 0.290 e. The average molecular weight is 204 g/mol. The molecule has 8 heteroatoms. The predicted octanol–water partition coefficient (Wildman–Crippen LogP) is -0.802. The molecule has 0 rings (SSSR count). The smallest absolute Gasteiger partial charge is 0.284 e. The van der Waals surface area contributed by atoms with Crippen molar-refractivity contribution in [1.29, 1.82) is 0 Å². The van der Waals surface area contributed by atoms with Gasteiger partial charge in [-0.05, 0) is 6.92 Å². The first kappa shape index (κ1) is 10.8. The molecular weight excluding hydrogens is 196 g/mol. The van der Waals surface area contributed by atoms with Gasteiger partial charge in [0, 0.05) is 0 Å². The van der Waals surface area contributed by atoms with E-state index in [1.54, 1.807) is 0 Å². The number of hydrogen-bond acceptors (Lipinski definition) is 5. The maximum absolute atomic E-state index is 10.4. The van der Waals surface area contributed by atoms with Gasteiger partial charge in [0.15, 0.2) is 5.94 Å². The first-order valence-corrected chi connectivity index (χ1v) is 5.78. The van der Waals surface area contributed by atoms with Gasteiger partial charge in [-0.1, -0.05) is 0 Å². The third-order valence-corrected chi connectivity index (χ3v) is 2.48. The first-order valence-electron chi connectivity index (χ1n) is 2.59. The van der Waals surface area contributed by atoms with Crippen LogP contribution in [0.25, 0.3) is 0 Å². The van der Waals surface area contributed by atoms with Crippen LogP contribution in [0.4, 0.5) is 0 Å². The fourth-order valence-electron chi connectivity index (χ4n) is 0.217. The molecule has 0 saturated heterocycles. The summed E-state index contributed by atoms with van der Waals surface area (Å²) in [5, 5.41) is 0. The summed E-state index contributed by atoms with van der Waals surface area (Å²) in [5.41, 5.74) is 0. The molecule has 68 valence electrons. The highest BCUT2D eigenvalue weighted by molar-refractivity contribution is 7.89. The molecule has 0 aliphatic rings. The Bertz CT molecular complexity index is 297. The van der Waals surface area contributed by atoms with Gasteiger partial charge in [-0.25, -0.2) is 0 Å². The summed E-state index contributed by atoms with van der Waals surface area (Å²) in [4.78, 5) is 0. The van der Waals surface area contributed by atoms with Crippen molar-refractivity contribution in [1.82, 2.24) is 0 Å². The molecular formula is C3H8O6S2. The van der Waals surface area contributed by atoms with E-state index in [9.17, 15) is 16.8 Å². The third kappa shape index (κ3) is 6.23. The van der Waals surface area contributed by atoms with Gasteiger partial charge in [0.1, 0.15) is 0 Å². The summed E-state index contributed by atoms with van der Waals surface area (Å²) < 4.78 is 52.8. The normalized spacial score (nSPS) is 13.3. The lowest BCUT2D eigenvalue weighted by Crippen LogP contribution is -2.15.